The van der Waals surface area contributed by atoms with Crippen LogP contribution in [0.25, 0.3) is 0 Å². The molecule has 6 nitrogen and oxygen atoms in total. The van der Waals surface area contributed by atoms with Crippen LogP contribution in [-0.2, 0) is 19.1 Å². The summed E-state index contributed by atoms with van der Waals surface area (Å²) in [6.07, 6.45) is 4.67. The van der Waals surface area contributed by atoms with Crippen molar-refractivity contribution in [1.82, 2.24) is 0 Å². The lowest BCUT2D eigenvalue weighted by molar-refractivity contribution is -0.147. The highest BCUT2D eigenvalue weighted by atomic mass is 33.1. The third-order valence-corrected chi connectivity index (χ3v) is 7.78. The van der Waals surface area contributed by atoms with Crippen LogP contribution >= 0.6 is 21.6 Å². The van der Waals surface area contributed by atoms with E-state index in [0.29, 0.717) is 12.1 Å². The van der Waals surface area contributed by atoms with E-state index in [9.17, 15) is 9.59 Å². The van der Waals surface area contributed by atoms with Gasteiger partial charge in [0.1, 0.15) is 0 Å². The molecule has 0 unspecified atom stereocenters. The highest BCUT2D eigenvalue weighted by Gasteiger charge is 2.16. The summed E-state index contributed by atoms with van der Waals surface area (Å²) in [5, 5.41) is 3.50. The van der Waals surface area contributed by atoms with Gasteiger partial charge in [-0.15, -0.1) is 0 Å². The summed E-state index contributed by atoms with van der Waals surface area (Å²) in [5.74, 6) is 0.626. The molecule has 28 heavy (non-hydrogen) atoms. The van der Waals surface area contributed by atoms with Crippen molar-refractivity contribution in [2.75, 3.05) is 48.9 Å². The Hall–Kier alpha value is -1.38. The molecule has 0 aromatic heterocycles. The first-order valence-electron chi connectivity index (χ1n) is 9.87. The minimum absolute atomic E-state index is 0.237. The van der Waals surface area contributed by atoms with Crippen LogP contribution in [0.3, 0.4) is 0 Å². The lowest BCUT2D eigenvalue weighted by Gasteiger charge is -2.28. The highest BCUT2D eigenvalue weighted by molar-refractivity contribution is 8.77. The third-order valence-electron chi connectivity index (χ3n) is 4.78. The number of nitrogens with zero attached hydrogens (tertiary/aromatic N) is 1. The fourth-order valence-corrected chi connectivity index (χ4v) is 6.23. The Morgan fingerprint density at radius 3 is 2.68 bits per heavy atom. The number of unbranched alkanes of at least 4 members (excludes halogenated alkanes) is 1. The van der Waals surface area contributed by atoms with Gasteiger partial charge < -0.3 is 19.7 Å². The molecule has 8 heteroatoms. The molecule has 0 bridgehead atoms. The first-order valence-corrected chi connectivity index (χ1v) is 12.3. The van der Waals surface area contributed by atoms with Crippen LogP contribution in [0.2, 0.25) is 0 Å². The molecule has 1 amide bonds. The number of hydrogen-bond acceptors (Lipinski definition) is 7. The number of rotatable bonds is 9. The first kappa shape index (κ1) is 21.3. The lowest BCUT2D eigenvalue weighted by Crippen LogP contribution is -2.36. The zero-order valence-electron chi connectivity index (χ0n) is 16.1. The Labute approximate surface area is 174 Å². The number of morpholine rings is 1. The van der Waals surface area contributed by atoms with Crippen molar-refractivity contribution in [2.24, 2.45) is 0 Å². The first-order chi connectivity index (χ1) is 13.7. The van der Waals surface area contributed by atoms with Crippen LogP contribution in [0.1, 0.15) is 32.1 Å². The van der Waals surface area contributed by atoms with E-state index in [-0.39, 0.29) is 18.5 Å². The summed E-state index contributed by atoms with van der Waals surface area (Å²) in [5.41, 5.74) is 1.81. The zero-order valence-corrected chi connectivity index (χ0v) is 17.7. The minimum atomic E-state index is -0.313. The number of carbonyl (C=O) groups excluding carboxylic acids is 2. The smallest absolute Gasteiger partial charge is 0.306 e. The topological polar surface area (TPSA) is 67.9 Å². The number of nitrogens with one attached hydrogen (secondary N) is 1. The second-order valence-corrected chi connectivity index (χ2v) is 9.72. The molecular formula is C20H28N2O4S2. The van der Waals surface area contributed by atoms with E-state index in [1.165, 1.54) is 12.2 Å². The fraction of sp³-hybridized carbons (Fsp3) is 0.600. The molecule has 2 fully saturated rings. The van der Waals surface area contributed by atoms with Gasteiger partial charge in [0.25, 0.3) is 5.91 Å². The summed E-state index contributed by atoms with van der Waals surface area (Å²) in [6.45, 7) is 2.99. The molecule has 2 aliphatic rings. The highest BCUT2D eigenvalue weighted by Crippen LogP contribution is 2.39. The largest absolute Gasteiger partial charge is 0.456 e. The van der Waals surface area contributed by atoms with Gasteiger partial charge in [-0.2, -0.15) is 0 Å². The van der Waals surface area contributed by atoms with Gasteiger partial charge in [0, 0.05) is 41.9 Å². The molecule has 1 aromatic carbocycles. The number of hydrogen-bond donors (Lipinski definition) is 1. The van der Waals surface area contributed by atoms with Crippen molar-refractivity contribution in [2.45, 2.75) is 37.4 Å². The molecule has 0 spiro atoms. The number of amides is 1. The van der Waals surface area contributed by atoms with Gasteiger partial charge in [-0.3, -0.25) is 9.59 Å². The lowest BCUT2D eigenvalue weighted by atomic mass is 10.1. The van der Waals surface area contributed by atoms with Crippen LogP contribution in [0, 0.1) is 0 Å². The zero-order chi connectivity index (χ0) is 19.6. The summed E-state index contributed by atoms with van der Waals surface area (Å²) >= 11 is 0. The summed E-state index contributed by atoms with van der Waals surface area (Å²) in [6, 6.07) is 7.69. The molecular weight excluding hydrogens is 396 g/mol. The second kappa shape index (κ2) is 11.6. The average molecular weight is 425 g/mol. The molecule has 2 saturated heterocycles. The molecule has 2 heterocycles. The standard InChI is InChI=1S/C20H28N2O4S2/c23-19(15-26-20(24)4-2-1-3-18-9-14-27-28-18)21-16-5-7-17(8-6-16)22-10-12-25-13-11-22/h5-8,18H,1-4,9-15H2,(H,21,23)/t18-/m1/s1. The normalized spacial score (nSPS) is 19.4. The number of esters is 1. The SMILES string of the molecule is O=C(COC(=O)CCCC[C@@H]1CCSS1)Nc1ccc(N2CCOCC2)cc1. The van der Waals surface area contributed by atoms with Crippen molar-refractivity contribution >= 4 is 44.8 Å². The number of anilines is 2. The molecule has 0 saturated carbocycles. The summed E-state index contributed by atoms with van der Waals surface area (Å²) in [7, 11) is 3.90. The van der Waals surface area contributed by atoms with E-state index in [4.69, 9.17) is 9.47 Å². The molecule has 0 radical (unpaired) electrons. The van der Waals surface area contributed by atoms with Gasteiger partial charge in [0.2, 0.25) is 0 Å². The van der Waals surface area contributed by atoms with E-state index < -0.39 is 0 Å². The molecule has 154 valence electrons. The van der Waals surface area contributed by atoms with Crippen LogP contribution < -0.4 is 10.2 Å². The minimum Gasteiger partial charge on any atom is -0.456 e. The molecule has 2 aliphatic heterocycles. The molecule has 3 rings (SSSR count). The maximum Gasteiger partial charge on any atom is 0.306 e. The van der Waals surface area contributed by atoms with Crippen molar-refractivity contribution < 1.29 is 19.1 Å². The Kier molecular flexibility index (Phi) is 8.82. The monoisotopic (exact) mass is 424 g/mol. The molecule has 1 aromatic rings. The predicted molar refractivity (Wildman–Crippen MR) is 116 cm³/mol. The molecule has 0 aliphatic carbocycles. The Balaban J connectivity index is 1.29. The Morgan fingerprint density at radius 1 is 1.18 bits per heavy atom. The quantitative estimate of drug-likeness (QED) is 0.368. The van der Waals surface area contributed by atoms with E-state index >= 15 is 0 Å². The Morgan fingerprint density at radius 2 is 1.96 bits per heavy atom. The van der Waals surface area contributed by atoms with E-state index in [1.54, 1.807) is 0 Å². The van der Waals surface area contributed by atoms with Gasteiger partial charge in [-0.05, 0) is 43.5 Å². The van der Waals surface area contributed by atoms with E-state index in [1.807, 2.05) is 45.9 Å². The molecule has 1 N–H and O–H groups in total. The van der Waals surface area contributed by atoms with E-state index in [2.05, 4.69) is 10.2 Å². The molecule has 1 atom stereocenters. The number of carbonyl (C=O) groups is 2. The average Bonchev–Trinajstić information content (AvgIpc) is 3.24. The van der Waals surface area contributed by atoms with Gasteiger partial charge in [0.05, 0.1) is 13.2 Å². The fourth-order valence-electron chi connectivity index (χ4n) is 3.20. The summed E-state index contributed by atoms with van der Waals surface area (Å²) in [4.78, 5) is 26.0. The number of benzene rings is 1. The van der Waals surface area contributed by atoms with Crippen LogP contribution in [0.15, 0.2) is 24.3 Å². The second-order valence-electron chi connectivity index (χ2n) is 6.93. The third kappa shape index (κ3) is 7.22. The predicted octanol–water partition coefficient (Wildman–Crippen LogP) is 3.72. The van der Waals surface area contributed by atoms with Crippen LogP contribution in [0.5, 0.6) is 0 Å². The number of ether oxygens (including phenoxy) is 2. The van der Waals surface area contributed by atoms with Gasteiger partial charge in [-0.1, -0.05) is 28.0 Å². The van der Waals surface area contributed by atoms with Gasteiger partial charge in [0.15, 0.2) is 6.61 Å². The van der Waals surface area contributed by atoms with Crippen LogP contribution in [-0.4, -0.2) is 55.8 Å². The van der Waals surface area contributed by atoms with Gasteiger partial charge in [-0.25, -0.2) is 0 Å². The maximum absolute atomic E-state index is 12.0. The van der Waals surface area contributed by atoms with Crippen molar-refractivity contribution in [3.63, 3.8) is 0 Å². The van der Waals surface area contributed by atoms with Gasteiger partial charge >= 0.3 is 5.97 Å². The van der Waals surface area contributed by atoms with Crippen molar-refractivity contribution in [3.8, 4) is 0 Å². The van der Waals surface area contributed by atoms with Crippen LogP contribution in [0.4, 0.5) is 11.4 Å². The summed E-state index contributed by atoms with van der Waals surface area (Å²) < 4.78 is 10.4. The Bertz CT molecular complexity index is 630. The van der Waals surface area contributed by atoms with E-state index in [0.717, 1.165) is 56.5 Å². The maximum atomic E-state index is 12.0. The van der Waals surface area contributed by atoms with Crippen molar-refractivity contribution in [3.05, 3.63) is 24.3 Å². The van der Waals surface area contributed by atoms with Crippen molar-refractivity contribution in [1.29, 1.82) is 0 Å².